The minimum atomic E-state index is 0.0460. The first-order valence-electron chi connectivity index (χ1n) is 8.84. The number of carbonyl (C=O) groups is 1. The average molecular weight is 369 g/mol. The van der Waals surface area contributed by atoms with Crippen molar-refractivity contribution in [1.82, 2.24) is 15.1 Å². The summed E-state index contributed by atoms with van der Waals surface area (Å²) in [5.74, 6) is 0.678. The number of nitrogens with zero attached hydrogens (tertiary/aromatic N) is 2. The van der Waals surface area contributed by atoms with Crippen LogP contribution in [0.1, 0.15) is 12.8 Å². The summed E-state index contributed by atoms with van der Waals surface area (Å²) >= 11 is 6.32. The number of nitrogens with one attached hydrogen (secondary N) is 2. The van der Waals surface area contributed by atoms with Crippen LogP contribution in [0.2, 0.25) is 5.02 Å². The van der Waals surface area contributed by atoms with Gasteiger partial charge in [-0.1, -0.05) is 35.9 Å². The average Bonchev–Trinajstić information content (AvgIpc) is 3.05. The lowest BCUT2D eigenvalue weighted by Gasteiger charge is -2.27. The maximum Gasteiger partial charge on any atom is 0.228 e. The van der Waals surface area contributed by atoms with Gasteiger partial charge in [-0.15, -0.1) is 0 Å². The van der Waals surface area contributed by atoms with E-state index in [-0.39, 0.29) is 11.8 Å². The van der Waals surface area contributed by atoms with Gasteiger partial charge >= 0.3 is 0 Å². The summed E-state index contributed by atoms with van der Waals surface area (Å²) in [6, 6.07) is 13.7. The lowest BCUT2D eigenvalue weighted by Crippen LogP contribution is -2.36. The van der Waals surface area contributed by atoms with Crippen molar-refractivity contribution in [2.75, 3.05) is 25.5 Å². The fourth-order valence-electron chi connectivity index (χ4n) is 3.46. The Morgan fingerprint density at radius 1 is 1.23 bits per heavy atom. The second-order valence-electron chi connectivity index (χ2n) is 6.88. The Morgan fingerprint density at radius 3 is 2.77 bits per heavy atom. The van der Waals surface area contributed by atoms with Gasteiger partial charge in [0.05, 0.1) is 5.52 Å². The summed E-state index contributed by atoms with van der Waals surface area (Å²) in [4.78, 5) is 14.9. The number of carbonyl (C=O) groups excluding carboxylic acids is 1. The fourth-order valence-corrected chi connectivity index (χ4v) is 3.71. The molecule has 1 aliphatic rings. The first-order valence-corrected chi connectivity index (χ1v) is 9.22. The summed E-state index contributed by atoms with van der Waals surface area (Å²) in [6.45, 7) is 1.91. The predicted molar refractivity (Wildman–Crippen MR) is 105 cm³/mol. The van der Waals surface area contributed by atoms with E-state index in [1.54, 1.807) is 0 Å². The van der Waals surface area contributed by atoms with E-state index in [2.05, 4.69) is 27.5 Å². The minimum Gasteiger partial charge on any atom is -0.308 e. The maximum atomic E-state index is 12.6. The summed E-state index contributed by atoms with van der Waals surface area (Å²) in [5, 5.41) is 11.9. The molecule has 6 heteroatoms. The monoisotopic (exact) mass is 368 g/mol. The molecule has 134 valence electrons. The number of likely N-dealkylation sites (tertiary alicyclic amines) is 1. The van der Waals surface area contributed by atoms with E-state index in [1.165, 1.54) is 0 Å². The van der Waals surface area contributed by atoms with Gasteiger partial charge in [-0.3, -0.25) is 9.89 Å². The topological polar surface area (TPSA) is 61.0 Å². The van der Waals surface area contributed by atoms with Gasteiger partial charge in [0.25, 0.3) is 0 Å². The zero-order chi connectivity index (χ0) is 18.1. The Hall–Kier alpha value is -2.37. The van der Waals surface area contributed by atoms with E-state index in [0.717, 1.165) is 48.0 Å². The highest BCUT2D eigenvalue weighted by Crippen LogP contribution is 2.32. The molecule has 1 aromatic heterocycles. The van der Waals surface area contributed by atoms with Gasteiger partial charge in [-0.05, 0) is 56.7 Å². The molecule has 0 radical (unpaired) electrons. The van der Waals surface area contributed by atoms with Gasteiger partial charge in [0, 0.05) is 21.9 Å². The molecule has 0 spiro atoms. The largest absolute Gasteiger partial charge is 0.308 e. The zero-order valence-corrected chi connectivity index (χ0v) is 15.4. The van der Waals surface area contributed by atoms with Crippen LogP contribution in [0.4, 0.5) is 5.82 Å². The first-order chi connectivity index (χ1) is 12.6. The van der Waals surface area contributed by atoms with Gasteiger partial charge in [0.1, 0.15) is 0 Å². The number of H-pyrrole nitrogens is 1. The standard InChI is InChI=1S/C20H21ClN4O/c1-25-10-8-13(9-11-25)20(26)22-19-16-12-14(6-7-18(16)23-24-19)15-4-2-3-5-17(15)21/h2-7,12-13H,8-11H2,1H3,(H2,22,23,24,26). The summed E-state index contributed by atoms with van der Waals surface area (Å²) in [7, 11) is 2.09. The number of anilines is 1. The molecule has 0 aliphatic carbocycles. The molecule has 0 saturated carbocycles. The van der Waals surface area contributed by atoms with E-state index in [4.69, 9.17) is 11.6 Å². The minimum absolute atomic E-state index is 0.0460. The molecule has 1 amide bonds. The van der Waals surface area contributed by atoms with E-state index in [0.29, 0.717) is 10.8 Å². The fraction of sp³-hybridized carbons (Fsp3) is 0.300. The van der Waals surface area contributed by atoms with Crippen LogP contribution in [0, 0.1) is 5.92 Å². The molecule has 2 N–H and O–H groups in total. The van der Waals surface area contributed by atoms with E-state index in [1.807, 2.05) is 42.5 Å². The number of hydrogen-bond acceptors (Lipinski definition) is 3. The van der Waals surface area contributed by atoms with Gasteiger partial charge in [0.15, 0.2) is 5.82 Å². The van der Waals surface area contributed by atoms with Crippen molar-refractivity contribution < 1.29 is 4.79 Å². The van der Waals surface area contributed by atoms with Crippen LogP contribution in [0.5, 0.6) is 0 Å². The molecule has 0 atom stereocenters. The molecular formula is C20H21ClN4O. The number of piperidine rings is 1. The number of halogens is 1. The Bertz CT molecular complexity index is 944. The molecule has 5 nitrogen and oxygen atoms in total. The van der Waals surface area contributed by atoms with Crippen LogP contribution in [0.3, 0.4) is 0 Å². The van der Waals surface area contributed by atoms with E-state index >= 15 is 0 Å². The number of aromatic nitrogens is 2. The second-order valence-corrected chi connectivity index (χ2v) is 7.29. The highest BCUT2D eigenvalue weighted by Gasteiger charge is 2.24. The quantitative estimate of drug-likeness (QED) is 0.729. The summed E-state index contributed by atoms with van der Waals surface area (Å²) in [5.41, 5.74) is 2.85. The van der Waals surface area contributed by atoms with Crippen molar-refractivity contribution in [1.29, 1.82) is 0 Å². The van der Waals surface area contributed by atoms with E-state index < -0.39 is 0 Å². The highest BCUT2D eigenvalue weighted by atomic mass is 35.5. The number of rotatable bonds is 3. The lowest BCUT2D eigenvalue weighted by atomic mass is 9.96. The highest BCUT2D eigenvalue weighted by molar-refractivity contribution is 6.33. The van der Waals surface area contributed by atoms with Gasteiger partial charge in [-0.25, -0.2) is 0 Å². The van der Waals surface area contributed by atoms with Crippen molar-refractivity contribution in [3.05, 3.63) is 47.5 Å². The third-order valence-corrected chi connectivity index (χ3v) is 5.41. The number of fused-ring (bicyclic) bond motifs is 1. The zero-order valence-electron chi connectivity index (χ0n) is 14.6. The second kappa shape index (κ2) is 7.09. The normalized spacial score (nSPS) is 16.1. The van der Waals surface area contributed by atoms with Crippen LogP contribution in [-0.2, 0) is 4.79 Å². The van der Waals surface area contributed by atoms with Crippen LogP contribution in [-0.4, -0.2) is 41.1 Å². The number of hydrogen-bond donors (Lipinski definition) is 2. The molecule has 2 heterocycles. The molecule has 4 rings (SSSR count). The number of benzene rings is 2. The molecule has 26 heavy (non-hydrogen) atoms. The van der Waals surface area contributed by atoms with Gasteiger partial charge < -0.3 is 10.2 Å². The van der Waals surface area contributed by atoms with Crippen molar-refractivity contribution >= 4 is 34.2 Å². The summed E-state index contributed by atoms with van der Waals surface area (Å²) in [6.07, 6.45) is 1.77. The van der Waals surface area contributed by atoms with Crippen molar-refractivity contribution in [3.63, 3.8) is 0 Å². The molecule has 3 aromatic rings. The van der Waals surface area contributed by atoms with E-state index in [9.17, 15) is 4.79 Å². The van der Waals surface area contributed by atoms with Crippen molar-refractivity contribution in [2.45, 2.75) is 12.8 Å². The van der Waals surface area contributed by atoms with Gasteiger partial charge in [-0.2, -0.15) is 5.10 Å². The van der Waals surface area contributed by atoms with Crippen LogP contribution in [0.15, 0.2) is 42.5 Å². The molecule has 2 aromatic carbocycles. The van der Waals surface area contributed by atoms with Crippen molar-refractivity contribution in [2.24, 2.45) is 5.92 Å². The van der Waals surface area contributed by atoms with Crippen molar-refractivity contribution in [3.8, 4) is 11.1 Å². The number of amides is 1. The first kappa shape index (κ1) is 17.1. The maximum absolute atomic E-state index is 12.6. The third kappa shape index (κ3) is 3.32. The Kier molecular flexibility index (Phi) is 4.66. The van der Waals surface area contributed by atoms with Crippen LogP contribution >= 0.6 is 11.6 Å². The molecule has 1 aliphatic heterocycles. The predicted octanol–water partition coefficient (Wildman–Crippen LogP) is 4.16. The molecule has 1 fully saturated rings. The SMILES string of the molecule is CN1CCC(C(=O)Nc2n[nH]c3ccc(-c4ccccc4Cl)cc23)CC1. The lowest BCUT2D eigenvalue weighted by molar-refractivity contribution is -0.121. The summed E-state index contributed by atoms with van der Waals surface area (Å²) < 4.78 is 0. The van der Waals surface area contributed by atoms with Gasteiger partial charge in [0.2, 0.25) is 5.91 Å². The van der Waals surface area contributed by atoms with Crippen LogP contribution in [0.25, 0.3) is 22.0 Å². The molecule has 0 unspecified atom stereocenters. The van der Waals surface area contributed by atoms with Crippen LogP contribution < -0.4 is 5.32 Å². The molecule has 1 saturated heterocycles. The molecular weight excluding hydrogens is 348 g/mol. The Labute approximate surface area is 157 Å². The smallest absolute Gasteiger partial charge is 0.228 e. The third-order valence-electron chi connectivity index (χ3n) is 5.08. The molecule has 0 bridgehead atoms. The number of aromatic amines is 1. The Morgan fingerprint density at radius 2 is 2.00 bits per heavy atom. The Balaban J connectivity index is 1.61.